The van der Waals surface area contributed by atoms with Crippen molar-refractivity contribution < 1.29 is 18.8 Å². The van der Waals surface area contributed by atoms with Crippen molar-refractivity contribution in [2.75, 3.05) is 0 Å². The summed E-state index contributed by atoms with van der Waals surface area (Å²) < 4.78 is 12.9. The number of carbonyl (C=O) groups is 3. The number of nitrogens with one attached hydrogen (secondary N) is 2. The van der Waals surface area contributed by atoms with Gasteiger partial charge in [0.05, 0.1) is 0 Å². The quantitative estimate of drug-likeness (QED) is 0.665. The van der Waals surface area contributed by atoms with Crippen molar-refractivity contribution in [1.29, 1.82) is 0 Å². The average Bonchev–Trinajstić information content (AvgIpc) is 2.29. The zero-order valence-corrected chi connectivity index (χ0v) is 9.38. The maximum Gasteiger partial charge on any atom is 0.249 e. The predicted octanol–water partition coefficient (Wildman–Crippen LogP) is -0.0339. The number of hydrogen-bond donors (Lipinski definition) is 2. The van der Waals surface area contributed by atoms with Gasteiger partial charge in [0.25, 0.3) is 0 Å². The number of piperidine rings is 1. The highest BCUT2D eigenvalue weighted by molar-refractivity contribution is 6.04. The molecule has 1 aliphatic heterocycles. The molecule has 0 radical (unpaired) electrons. The van der Waals surface area contributed by atoms with Crippen molar-refractivity contribution in [2.45, 2.75) is 38.4 Å². The molecular formula is C11H13FN2O3. The fourth-order valence-electron chi connectivity index (χ4n) is 1.90. The number of amides is 3. The summed E-state index contributed by atoms with van der Waals surface area (Å²) in [4.78, 5) is 34.0. The molecule has 1 fully saturated rings. The minimum atomic E-state index is -1.04. The maximum absolute atomic E-state index is 12.9. The lowest BCUT2D eigenvalue weighted by Gasteiger charge is -2.27. The molecular weight excluding hydrogens is 227 g/mol. The molecule has 0 aromatic rings. The molecule has 0 saturated carbocycles. The molecule has 0 aromatic heterocycles. The number of carbonyl (C=O) groups excluding carboxylic acids is 3. The van der Waals surface area contributed by atoms with Crippen LogP contribution in [0.3, 0.4) is 0 Å². The summed E-state index contributed by atoms with van der Waals surface area (Å²) in [6, 6.07) is -0.695. The Labute approximate surface area is 97.4 Å². The van der Waals surface area contributed by atoms with E-state index in [2.05, 4.69) is 10.6 Å². The van der Waals surface area contributed by atoms with Crippen LogP contribution in [0.5, 0.6) is 0 Å². The molecule has 0 spiro atoms. The molecule has 6 heteroatoms. The fourth-order valence-corrected chi connectivity index (χ4v) is 1.90. The minimum absolute atomic E-state index is 0.102. The summed E-state index contributed by atoms with van der Waals surface area (Å²) in [6.45, 7) is 1.56. The normalized spacial score (nSPS) is 28.6. The summed E-state index contributed by atoms with van der Waals surface area (Å²) in [6.07, 6.45) is -0.440. The SMILES string of the molecule is CC1=C(C(=O)NC2CCC(=O)NC2=O)C[C@H]1F. The highest BCUT2D eigenvalue weighted by atomic mass is 19.1. The van der Waals surface area contributed by atoms with Crippen LogP contribution in [-0.2, 0) is 14.4 Å². The number of halogens is 1. The van der Waals surface area contributed by atoms with Crippen LogP contribution < -0.4 is 10.6 Å². The molecule has 1 unspecified atom stereocenters. The monoisotopic (exact) mass is 240 g/mol. The van der Waals surface area contributed by atoms with E-state index in [0.29, 0.717) is 17.6 Å². The van der Waals surface area contributed by atoms with E-state index >= 15 is 0 Å². The fraction of sp³-hybridized carbons (Fsp3) is 0.545. The first-order valence-electron chi connectivity index (χ1n) is 5.47. The van der Waals surface area contributed by atoms with Crippen LogP contribution in [0.25, 0.3) is 0 Å². The van der Waals surface area contributed by atoms with Gasteiger partial charge >= 0.3 is 0 Å². The summed E-state index contributed by atoms with van der Waals surface area (Å²) in [5.41, 5.74) is 0.831. The zero-order chi connectivity index (χ0) is 12.6. The Morgan fingerprint density at radius 3 is 2.71 bits per heavy atom. The second-order valence-electron chi connectivity index (χ2n) is 4.31. The van der Waals surface area contributed by atoms with Crippen LogP contribution in [-0.4, -0.2) is 29.9 Å². The van der Waals surface area contributed by atoms with Crippen LogP contribution >= 0.6 is 0 Å². The standard InChI is InChI=1S/C11H13FN2O3/c1-5-6(4-7(5)12)10(16)13-8-2-3-9(15)14-11(8)17/h7-8H,2-4H2,1H3,(H,13,16)(H,14,15,17)/t7-,8?/m1/s1. The van der Waals surface area contributed by atoms with Crippen LogP contribution in [0.2, 0.25) is 0 Å². The molecule has 17 heavy (non-hydrogen) atoms. The number of rotatable bonds is 2. The van der Waals surface area contributed by atoms with E-state index in [1.54, 1.807) is 6.92 Å². The van der Waals surface area contributed by atoms with Crippen molar-refractivity contribution in [3.8, 4) is 0 Å². The van der Waals surface area contributed by atoms with Gasteiger partial charge in [-0.15, -0.1) is 0 Å². The first-order valence-corrected chi connectivity index (χ1v) is 5.47. The van der Waals surface area contributed by atoms with Gasteiger partial charge in [0.1, 0.15) is 12.2 Å². The van der Waals surface area contributed by atoms with Gasteiger partial charge in [-0.25, -0.2) is 4.39 Å². The van der Waals surface area contributed by atoms with Gasteiger partial charge in [0.15, 0.2) is 0 Å². The van der Waals surface area contributed by atoms with Gasteiger partial charge in [-0.2, -0.15) is 0 Å². The lowest BCUT2D eigenvalue weighted by Crippen LogP contribution is -2.53. The number of alkyl halides is 1. The summed E-state index contributed by atoms with van der Waals surface area (Å²) in [7, 11) is 0. The molecule has 0 bridgehead atoms. The predicted molar refractivity (Wildman–Crippen MR) is 56.5 cm³/mol. The smallest absolute Gasteiger partial charge is 0.249 e. The molecule has 2 aliphatic rings. The highest BCUT2D eigenvalue weighted by Crippen LogP contribution is 2.30. The maximum atomic E-state index is 12.9. The van der Waals surface area contributed by atoms with E-state index in [1.165, 1.54) is 0 Å². The van der Waals surface area contributed by atoms with Gasteiger partial charge in [-0.3, -0.25) is 19.7 Å². The lowest BCUT2D eigenvalue weighted by atomic mass is 9.87. The molecule has 1 heterocycles. The largest absolute Gasteiger partial charge is 0.340 e. The molecule has 1 aliphatic carbocycles. The molecule has 3 amide bonds. The third-order valence-electron chi connectivity index (χ3n) is 3.15. The van der Waals surface area contributed by atoms with E-state index in [0.717, 1.165) is 0 Å². The first kappa shape index (κ1) is 11.8. The summed E-state index contributed by atoms with van der Waals surface area (Å²) >= 11 is 0. The Morgan fingerprint density at radius 1 is 1.47 bits per heavy atom. The molecule has 2 N–H and O–H groups in total. The zero-order valence-electron chi connectivity index (χ0n) is 9.38. The second-order valence-corrected chi connectivity index (χ2v) is 4.31. The first-order chi connectivity index (χ1) is 7.99. The molecule has 2 atom stereocenters. The van der Waals surface area contributed by atoms with E-state index in [-0.39, 0.29) is 18.7 Å². The van der Waals surface area contributed by atoms with Crippen molar-refractivity contribution in [1.82, 2.24) is 10.6 Å². The van der Waals surface area contributed by atoms with E-state index in [9.17, 15) is 18.8 Å². The van der Waals surface area contributed by atoms with Crippen molar-refractivity contribution in [2.24, 2.45) is 0 Å². The lowest BCUT2D eigenvalue weighted by molar-refractivity contribution is -0.136. The third-order valence-corrected chi connectivity index (χ3v) is 3.15. The Morgan fingerprint density at radius 2 is 2.18 bits per heavy atom. The highest BCUT2D eigenvalue weighted by Gasteiger charge is 2.34. The summed E-state index contributed by atoms with van der Waals surface area (Å²) in [5, 5.41) is 4.66. The van der Waals surface area contributed by atoms with Crippen LogP contribution in [0.1, 0.15) is 26.2 Å². The Balaban J connectivity index is 1.96. The van der Waals surface area contributed by atoms with Crippen LogP contribution in [0.15, 0.2) is 11.1 Å². The van der Waals surface area contributed by atoms with Crippen molar-refractivity contribution in [3.05, 3.63) is 11.1 Å². The Hall–Kier alpha value is -1.72. The summed E-state index contributed by atoms with van der Waals surface area (Å²) in [5.74, 6) is -1.24. The van der Waals surface area contributed by atoms with Crippen molar-refractivity contribution >= 4 is 17.7 Å². The third kappa shape index (κ3) is 2.20. The van der Waals surface area contributed by atoms with E-state index in [4.69, 9.17) is 0 Å². The van der Waals surface area contributed by atoms with E-state index < -0.39 is 24.0 Å². The van der Waals surface area contributed by atoms with E-state index in [1.807, 2.05) is 0 Å². The Kier molecular flexibility index (Phi) is 2.95. The number of allylic oxidation sites excluding steroid dienone is 1. The topological polar surface area (TPSA) is 75.3 Å². The Bertz CT molecular complexity index is 430. The molecule has 1 saturated heterocycles. The van der Waals surface area contributed by atoms with Crippen LogP contribution in [0.4, 0.5) is 4.39 Å². The molecule has 2 rings (SSSR count). The molecule has 92 valence electrons. The average molecular weight is 240 g/mol. The van der Waals surface area contributed by atoms with Gasteiger partial charge in [0, 0.05) is 18.4 Å². The van der Waals surface area contributed by atoms with Crippen molar-refractivity contribution in [3.63, 3.8) is 0 Å². The molecule has 0 aromatic carbocycles. The van der Waals surface area contributed by atoms with Gasteiger partial charge in [0.2, 0.25) is 17.7 Å². The second kappa shape index (κ2) is 4.27. The van der Waals surface area contributed by atoms with Gasteiger partial charge in [-0.1, -0.05) is 0 Å². The minimum Gasteiger partial charge on any atom is -0.340 e. The van der Waals surface area contributed by atoms with Gasteiger partial charge < -0.3 is 5.32 Å². The molecule has 5 nitrogen and oxygen atoms in total. The number of imide groups is 1. The number of hydrogen-bond acceptors (Lipinski definition) is 3. The van der Waals surface area contributed by atoms with Crippen LogP contribution in [0, 0.1) is 0 Å². The van der Waals surface area contributed by atoms with Gasteiger partial charge in [-0.05, 0) is 18.9 Å².